The topological polar surface area (TPSA) is 32.3 Å². The zero-order valence-corrected chi connectivity index (χ0v) is 12.1. The first kappa shape index (κ1) is 15.2. The van der Waals surface area contributed by atoms with E-state index in [0.717, 1.165) is 13.1 Å². The summed E-state index contributed by atoms with van der Waals surface area (Å²) in [5.74, 6) is 1.39. The minimum atomic E-state index is 0.257. The third-order valence-corrected chi connectivity index (χ3v) is 3.91. The fraction of sp³-hybridized carbons (Fsp3) is 0.800. The van der Waals surface area contributed by atoms with Crippen LogP contribution in [0.15, 0.2) is 12.7 Å². The van der Waals surface area contributed by atoms with Crippen LogP contribution in [-0.4, -0.2) is 36.5 Å². The van der Waals surface area contributed by atoms with Gasteiger partial charge in [-0.15, -0.1) is 6.58 Å². The van der Waals surface area contributed by atoms with Crippen LogP contribution in [0, 0.1) is 11.8 Å². The van der Waals surface area contributed by atoms with Crippen LogP contribution in [0.5, 0.6) is 0 Å². The zero-order chi connectivity index (χ0) is 13.5. The smallest absolute Gasteiger partial charge is 0.223 e. The minimum Gasteiger partial charge on any atom is -0.337 e. The van der Waals surface area contributed by atoms with Crippen LogP contribution in [0.1, 0.15) is 40.0 Å². The van der Waals surface area contributed by atoms with E-state index in [1.54, 1.807) is 0 Å². The van der Waals surface area contributed by atoms with Gasteiger partial charge in [0.1, 0.15) is 0 Å². The number of rotatable bonds is 6. The molecule has 0 radical (unpaired) electrons. The predicted octanol–water partition coefficient (Wildman–Crippen LogP) is 2.44. The van der Waals surface area contributed by atoms with Crippen molar-refractivity contribution >= 4 is 5.91 Å². The Morgan fingerprint density at radius 1 is 1.50 bits per heavy atom. The van der Waals surface area contributed by atoms with Gasteiger partial charge in [0.15, 0.2) is 0 Å². The number of hydrogen-bond acceptors (Lipinski definition) is 2. The molecular formula is C15H28N2O. The van der Waals surface area contributed by atoms with E-state index in [0.29, 0.717) is 24.8 Å². The Hall–Kier alpha value is -0.830. The maximum Gasteiger partial charge on any atom is 0.223 e. The fourth-order valence-corrected chi connectivity index (χ4v) is 2.66. The summed E-state index contributed by atoms with van der Waals surface area (Å²) in [5, 5.41) is 3.43. The summed E-state index contributed by atoms with van der Waals surface area (Å²) in [6.07, 6.45) is 4.97. The van der Waals surface area contributed by atoms with Crippen LogP contribution in [0.3, 0.4) is 0 Å². The van der Waals surface area contributed by atoms with Crippen molar-refractivity contribution in [2.75, 3.05) is 19.6 Å². The highest BCUT2D eigenvalue weighted by Crippen LogP contribution is 2.23. The van der Waals surface area contributed by atoms with Crippen LogP contribution in [0.2, 0.25) is 0 Å². The van der Waals surface area contributed by atoms with E-state index in [2.05, 4.69) is 32.7 Å². The predicted molar refractivity (Wildman–Crippen MR) is 76.4 cm³/mol. The van der Waals surface area contributed by atoms with Crippen LogP contribution in [0.25, 0.3) is 0 Å². The van der Waals surface area contributed by atoms with Gasteiger partial charge in [-0.3, -0.25) is 4.79 Å². The van der Waals surface area contributed by atoms with E-state index in [9.17, 15) is 4.79 Å². The molecule has 1 aliphatic rings. The van der Waals surface area contributed by atoms with Gasteiger partial charge < -0.3 is 10.2 Å². The molecule has 104 valence electrons. The Kier molecular flexibility index (Phi) is 6.41. The van der Waals surface area contributed by atoms with E-state index < -0.39 is 0 Å². The van der Waals surface area contributed by atoms with Crippen LogP contribution in [-0.2, 0) is 4.79 Å². The van der Waals surface area contributed by atoms with Gasteiger partial charge in [-0.1, -0.05) is 13.0 Å². The summed E-state index contributed by atoms with van der Waals surface area (Å²) in [4.78, 5) is 14.2. The van der Waals surface area contributed by atoms with Crippen molar-refractivity contribution in [3.63, 3.8) is 0 Å². The first-order valence-corrected chi connectivity index (χ1v) is 7.17. The van der Waals surface area contributed by atoms with Gasteiger partial charge in [0.2, 0.25) is 5.91 Å². The molecular weight excluding hydrogens is 224 g/mol. The molecule has 3 nitrogen and oxygen atoms in total. The van der Waals surface area contributed by atoms with E-state index in [-0.39, 0.29) is 11.9 Å². The number of carbonyl (C=O) groups excluding carboxylic acids is 1. The Balaban J connectivity index is 2.47. The maximum absolute atomic E-state index is 12.3. The summed E-state index contributed by atoms with van der Waals surface area (Å²) < 4.78 is 0. The van der Waals surface area contributed by atoms with Gasteiger partial charge in [-0.25, -0.2) is 0 Å². The van der Waals surface area contributed by atoms with Gasteiger partial charge in [0, 0.05) is 19.0 Å². The summed E-state index contributed by atoms with van der Waals surface area (Å²) >= 11 is 0. The van der Waals surface area contributed by atoms with Crippen molar-refractivity contribution in [3.8, 4) is 0 Å². The van der Waals surface area contributed by atoms with E-state index >= 15 is 0 Å². The van der Waals surface area contributed by atoms with Gasteiger partial charge in [-0.05, 0) is 51.6 Å². The van der Waals surface area contributed by atoms with Gasteiger partial charge >= 0.3 is 0 Å². The normalized spacial score (nSPS) is 21.7. The standard InChI is InChI=1S/C15H28N2O/c1-5-9-17(12(2)3)15(18)10-13(4)14-7-6-8-16-11-14/h5,12-14,16H,1,6-11H2,2-4H3. The first-order valence-electron chi connectivity index (χ1n) is 7.17. The lowest BCUT2D eigenvalue weighted by molar-refractivity contribution is -0.133. The molecule has 2 unspecified atom stereocenters. The molecule has 1 rings (SSSR count). The lowest BCUT2D eigenvalue weighted by Crippen LogP contribution is -2.40. The third kappa shape index (κ3) is 4.45. The molecule has 0 saturated carbocycles. The molecule has 0 bridgehead atoms. The molecule has 0 aromatic carbocycles. The first-order chi connectivity index (χ1) is 8.56. The maximum atomic E-state index is 12.3. The quantitative estimate of drug-likeness (QED) is 0.736. The average molecular weight is 252 g/mol. The number of nitrogens with zero attached hydrogens (tertiary/aromatic N) is 1. The van der Waals surface area contributed by atoms with Crippen molar-refractivity contribution in [1.82, 2.24) is 10.2 Å². The molecule has 1 N–H and O–H groups in total. The van der Waals surface area contributed by atoms with Crippen molar-refractivity contribution in [1.29, 1.82) is 0 Å². The second-order valence-electron chi connectivity index (χ2n) is 5.72. The van der Waals surface area contributed by atoms with Crippen molar-refractivity contribution < 1.29 is 4.79 Å². The molecule has 3 heteroatoms. The monoisotopic (exact) mass is 252 g/mol. The highest BCUT2D eigenvalue weighted by Gasteiger charge is 2.24. The van der Waals surface area contributed by atoms with Gasteiger partial charge in [0.25, 0.3) is 0 Å². The van der Waals surface area contributed by atoms with E-state index in [4.69, 9.17) is 0 Å². The lowest BCUT2D eigenvalue weighted by Gasteiger charge is -2.31. The van der Waals surface area contributed by atoms with Crippen LogP contribution >= 0.6 is 0 Å². The summed E-state index contributed by atoms with van der Waals surface area (Å²) in [5.41, 5.74) is 0. The average Bonchev–Trinajstić information content (AvgIpc) is 2.36. The van der Waals surface area contributed by atoms with Crippen molar-refractivity contribution in [2.24, 2.45) is 11.8 Å². The summed E-state index contributed by atoms with van der Waals surface area (Å²) in [6, 6.07) is 0.257. The van der Waals surface area contributed by atoms with E-state index in [1.807, 2.05) is 11.0 Å². The van der Waals surface area contributed by atoms with Gasteiger partial charge in [0.05, 0.1) is 0 Å². The molecule has 0 aromatic heterocycles. The highest BCUT2D eigenvalue weighted by molar-refractivity contribution is 5.76. The van der Waals surface area contributed by atoms with Crippen LogP contribution in [0.4, 0.5) is 0 Å². The number of piperidine rings is 1. The third-order valence-electron chi connectivity index (χ3n) is 3.91. The summed E-state index contributed by atoms with van der Waals surface area (Å²) in [7, 11) is 0. The van der Waals surface area contributed by atoms with Gasteiger partial charge in [-0.2, -0.15) is 0 Å². The zero-order valence-electron chi connectivity index (χ0n) is 12.1. The minimum absolute atomic E-state index is 0.257. The molecule has 1 heterocycles. The molecule has 0 aliphatic carbocycles. The molecule has 1 amide bonds. The Morgan fingerprint density at radius 3 is 2.72 bits per heavy atom. The number of carbonyl (C=O) groups is 1. The summed E-state index contributed by atoms with van der Waals surface area (Å²) in [6.45, 7) is 12.9. The molecule has 1 aliphatic heterocycles. The SMILES string of the molecule is C=CCN(C(=O)CC(C)C1CCCNC1)C(C)C. The second-order valence-corrected chi connectivity index (χ2v) is 5.72. The van der Waals surface area contributed by atoms with Crippen molar-refractivity contribution in [2.45, 2.75) is 46.1 Å². The molecule has 1 fully saturated rings. The fourth-order valence-electron chi connectivity index (χ4n) is 2.66. The largest absolute Gasteiger partial charge is 0.337 e. The Labute approximate surface area is 112 Å². The Morgan fingerprint density at radius 2 is 2.22 bits per heavy atom. The molecule has 2 atom stereocenters. The van der Waals surface area contributed by atoms with Crippen LogP contribution < -0.4 is 5.32 Å². The van der Waals surface area contributed by atoms with E-state index in [1.165, 1.54) is 12.8 Å². The molecule has 0 spiro atoms. The Bertz CT molecular complexity index is 270. The second kappa shape index (κ2) is 7.57. The highest BCUT2D eigenvalue weighted by atomic mass is 16.2. The molecule has 18 heavy (non-hydrogen) atoms. The molecule has 0 aromatic rings. The number of nitrogens with one attached hydrogen (secondary N) is 1. The lowest BCUT2D eigenvalue weighted by atomic mass is 9.85. The number of hydrogen-bond donors (Lipinski definition) is 1. The molecule has 1 saturated heterocycles. The van der Waals surface area contributed by atoms with Crippen molar-refractivity contribution in [3.05, 3.63) is 12.7 Å². The number of amides is 1.